The third-order valence-corrected chi connectivity index (χ3v) is 4.94. The fourth-order valence-corrected chi connectivity index (χ4v) is 3.19. The molecule has 2 aliphatic heterocycles. The molecule has 0 aliphatic carbocycles. The van der Waals surface area contributed by atoms with Crippen molar-refractivity contribution in [2.24, 2.45) is 4.99 Å². The van der Waals surface area contributed by atoms with Crippen LogP contribution in [-0.2, 0) is 14.3 Å². The van der Waals surface area contributed by atoms with Gasteiger partial charge in [0.05, 0.1) is 13.2 Å². The fourth-order valence-electron chi connectivity index (χ4n) is 3.19. The van der Waals surface area contributed by atoms with Crippen molar-refractivity contribution in [1.82, 2.24) is 24.9 Å². The van der Waals surface area contributed by atoms with Gasteiger partial charge in [-0.1, -0.05) is 0 Å². The van der Waals surface area contributed by atoms with E-state index in [4.69, 9.17) is 4.74 Å². The average molecular weight is 383 g/mol. The van der Waals surface area contributed by atoms with E-state index in [2.05, 4.69) is 20.1 Å². The minimum absolute atomic E-state index is 0.0316. The van der Waals surface area contributed by atoms with Crippen molar-refractivity contribution in [3.8, 4) is 0 Å². The number of hydrogen-bond donors (Lipinski definition) is 1. The number of carbonyl (C=O) groups excluding carboxylic acids is 2. The molecule has 0 atom stereocenters. The molecule has 0 radical (unpaired) electrons. The van der Waals surface area contributed by atoms with Crippen molar-refractivity contribution in [3.63, 3.8) is 0 Å². The molecule has 27 heavy (non-hydrogen) atoms. The lowest BCUT2D eigenvalue weighted by Gasteiger charge is -2.36. The Kier molecular flexibility index (Phi) is 8.80. The van der Waals surface area contributed by atoms with Crippen molar-refractivity contribution in [2.75, 3.05) is 86.7 Å². The molecule has 0 spiro atoms. The Morgan fingerprint density at radius 1 is 1.04 bits per heavy atom. The lowest BCUT2D eigenvalue weighted by Crippen LogP contribution is -2.54. The Bertz CT molecular complexity index is 511. The van der Waals surface area contributed by atoms with E-state index in [1.807, 2.05) is 4.90 Å². The second kappa shape index (κ2) is 11.1. The Balaban J connectivity index is 1.84. The number of likely N-dealkylation sites (tertiary alicyclic amines) is 1. The summed E-state index contributed by atoms with van der Waals surface area (Å²) < 4.78 is 5.09. The number of hydrogen-bond acceptors (Lipinski definition) is 5. The van der Waals surface area contributed by atoms with Crippen molar-refractivity contribution in [2.45, 2.75) is 12.8 Å². The van der Waals surface area contributed by atoms with Gasteiger partial charge in [-0.2, -0.15) is 0 Å². The van der Waals surface area contributed by atoms with Gasteiger partial charge in [-0.3, -0.25) is 14.5 Å². The van der Waals surface area contributed by atoms with Gasteiger partial charge in [0.2, 0.25) is 11.8 Å². The molecule has 2 heterocycles. The first-order chi connectivity index (χ1) is 13.0. The van der Waals surface area contributed by atoms with Gasteiger partial charge in [-0.25, -0.2) is 4.99 Å². The van der Waals surface area contributed by atoms with E-state index in [1.54, 1.807) is 21.2 Å². The molecule has 1 N–H and O–H groups in total. The predicted molar refractivity (Wildman–Crippen MR) is 105 cm³/mol. The second-order valence-electron chi connectivity index (χ2n) is 7.20. The predicted octanol–water partition coefficient (Wildman–Crippen LogP) is -1.09. The number of methoxy groups -OCH3 is 1. The van der Waals surface area contributed by atoms with Crippen LogP contribution in [0.15, 0.2) is 4.99 Å². The zero-order valence-electron chi connectivity index (χ0n) is 16.9. The molecule has 0 aromatic carbocycles. The zero-order chi connectivity index (χ0) is 19.6. The number of amides is 2. The van der Waals surface area contributed by atoms with E-state index < -0.39 is 0 Å². The summed E-state index contributed by atoms with van der Waals surface area (Å²) in [6.07, 6.45) is 2.25. The number of nitrogens with zero attached hydrogens (tertiary/aromatic N) is 5. The summed E-state index contributed by atoms with van der Waals surface area (Å²) in [5.41, 5.74) is 0. The third-order valence-electron chi connectivity index (χ3n) is 4.94. The van der Waals surface area contributed by atoms with E-state index in [1.165, 1.54) is 4.90 Å². The summed E-state index contributed by atoms with van der Waals surface area (Å²) >= 11 is 0. The summed E-state index contributed by atoms with van der Waals surface area (Å²) in [5.74, 6) is 0.938. The molecule has 2 saturated heterocycles. The maximum Gasteiger partial charge on any atom is 0.243 e. The first kappa shape index (κ1) is 21.4. The molecule has 2 rings (SSSR count). The van der Waals surface area contributed by atoms with Crippen LogP contribution in [0, 0.1) is 0 Å². The molecule has 9 heteroatoms. The quantitative estimate of drug-likeness (QED) is 0.342. The van der Waals surface area contributed by atoms with Crippen LogP contribution in [0.5, 0.6) is 0 Å². The van der Waals surface area contributed by atoms with Gasteiger partial charge in [-0.15, -0.1) is 0 Å². The number of piperazine rings is 1. The Labute approximate surface area is 162 Å². The van der Waals surface area contributed by atoms with Crippen LogP contribution in [0.2, 0.25) is 0 Å². The molecule has 0 aromatic rings. The van der Waals surface area contributed by atoms with E-state index in [0.29, 0.717) is 19.7 Å². The van der Waals surface area contributed by atoms with Crippen LogP contribution in [0.25, 0.3) is 0 Å². The van der Waals surface area contributed by atoms with Crippen LogP contribution >= 0.6 is 0 Å². The van der Waals surface area contributed by atoms with Gasteiger partial charge < -0.3 is 24.8 Å². The normalized spacial score (nSPS) is 18.7. The number of rotatable bonds is 7. The van der Waals surface area contributed by atoms with Gasteiger partial charge >= 0.3 is 0 Å². The minimum atomic E-state index is -0.0316. The molecule has 0 unspecified atom stereocenters. The van der Waals surface area contributed by atoms with Gasteiger partial charge in [0.1, 0.15) is 6.54 Å². The fraction of sp³-hybridized carbons (Fsp3) is 0.833. The summed E-state index contributed by atoms with van der Waals surface area (Å²) in [6, 6.07) is 0. The van der Waals surface area contributed by atoms with Crippen LogP contribution in [-0.4, -0.2) is 124 Å². The van der Waals surface area contributed by atoms with E-state index in [9.17, 15) is 9.59 Å². The Hall–Kier alpha value is -1.87. The highest BCUT2D eigenvalue weighted by Crippen LogP contribution is 2.09. The molecule has 2 aliphatic rings. The molecular weight excluding hydrogens is 348 g/mol. The number of aliphatic imine (C=N–C) groups is 1. The second-order valence-corrected chi connectivity index (χ2v) is 7.20. The first-order valence-electron chi connectivity index (χ1n) is 9.73. The average Bonchev–Trinajstić information content (AvgIpc) is 3.20. The molecule has 2 fully saturated rings. The summed E-state index contributed by atoms with van der Waals surface area (Å²) in [5, 5.41) is 3.27. The van der Waals surface area contributed by atoms with E-state index >= 15 is 0 Å². The van der Waals surface area contributed by atoms with Crippen molar-refractivity contribution in [3.05, 3.63) is 0 Å². The molecule has 9 nitrogen and oxygen atoms in total. The van der Waals surface area contributed by atoms with E-state index in [0.717, 1.165) is 58.1 Å². The molecule has 0 aromatic heterocycles. The molecule has 2 amide bonds. The van der Waals surface area contributed by atoms with Crippen molar-refractivity contribution < 1.29 is 14.3 Å². The van der Waals surface area contributed by atoms with Gasteiger partial charge in [0, 0.05) is 67.0 Å². The van der Waals surface area contributed by atoms with Crippen LogP contribution in [0.1, 0.15) is 12.8 Å². The molecule has 0 bridgehead atoms. The highest BCUT2D eigenvalue weighted by molar-refractivity contribution is 5.85. The summed E-state index contributed by atoms with van der Waals surface area (Å²) in [7, 11) is 5.11. The van der Waals surface area contributed by atoms with Crippen LogP contribution in [0.3, 0.4) is 0 Å². The van der Waals surface area contributed by atoms with Gasteiger partial charge in [0.25, 0.3) is 0 Å². The topological polar surface area (TPSA) is 80.7 Å². The maximum absolute atomic E-state index is 12.3. The number of likely N-dealkylation sites (N-methyl/N-ethyl adjacent to an activating group) is 1. The summed E-state index contributed by atoms with van der Waals surface area (Å²) in [4.78, 5) is 36.5. The smallest absolute Gasteiger partial charge is 0.243 e. The van der Waals surface area contributed by atoms with Gasteiger partial charge in [0.15, 0.2) is 5.96 Å². The molecule has 154 valence electrons. The number of carbonyl (C=O) groups is 2. The molecule has 0 saturated carbocycles. The monoisotopic (exact) mass is 382 g/mol. The standard InChI is InChI=1S/C18H34N6O3/c1-21(2)16(25)14-20-18(19-6-13-27-3)24-11-9-22(10-12-24)15-17(26)23-7-4-5-8-23/h4-15H2,1-3H3,(H,19,20). The van der Waals surface area contributed by atoms with Crippen molar-refractivity contribution >= 4 is 17.8 Å². The summed E-state index contributed by atoms with van der Waals surface area (Å²) in [6.45, 7) is 6.82. The lowest BCUT2D eigenvalue weighted by molar-refractivity contribution is -0.131. The van der Waals surface area contributed by atoms with Crippen molar-refractivity contribution in [1.29, 1.82) is 0 Å². The maximum atomic E-state index is 12.3. The Morgan fingerprint density at radius 3 is 2.30 bits per heavy atom. The SMILES string of the molecule is COCCNC(=NCC(=O)N(C)C)N1CCN(CC(=O)N2CCCC2)CC1. The number of guanidine groups is 1. The van der Waals surface area contributed by atoms with E-state index in [-0.39, 0.29) is 18.4 Å². The lowest BCUT2D eigenvalue weighted by atomic mass is 10.3. The minimum Gasteiger partial charge on any atom is -0.383 e. The largest absolute Gasteiger partial charge is 0.383 e. The highest BCUT2D eigenvalue weighted by atomic mass is 16.5. The molecular formula is C18H34N6O3. The van der Waals surface area contributed by atoms with Crippen LogP contribution < -0.4 is 5.32 Å². The van der Waals surface area contributed by atoms with Crippen LogP contribution in [0.4, 0.5) is 0 Å². The van der Waals surface area contributed by atoms with Gasteiger partial charge in [-0.05, 0) is 12.8 Å². The zero-order valence-corrected chi connectivity index (χ0v) is 16.9. The highest BCUT2D eigenvalue weighted by Gasteiger charge is 2.24. The third kappa shape index (κ3) is 6.99. The number of ether oxygens (including phenoxy) is 1. The number of nitrogens with one attached hydrogen (secondary N) is 1. The first-order valence-corrected chi connectivity index (χ1v) is 9.73. The Morgan fingerprint density at radius 2 is 1.70 bits per heavy atom.